The van der Waals surface area contributed by atoms with E-state index >= 15 is 0 Å². The Hall–Kier alpha value is -3.52. The third-order valence-corrected chi connectivity index (χ3v) is 4.87. The Morgan fingerprint density at radius 1 is 1.11 bits per heavy atom. The average Bonchev–Trinajstić information content (AvgIpc) is 3.14. The van der Waals surface area contributed by atoms with Crippen molar-refractivity contribution < 1.29 is 14.1 Å². The first-order valence-electron chi connectivity index (χ1n) is 8.21. The second kappa shape index (κ2) is 7.24. The molecule has 0 fully saturated rings. The summed E-state index contributed by atoms with van der Waals surface area (Å²) < 4.78 is 5.99. The summed E-state index contributed by atoms with van der Waals surface area (Å²) in [4.78, 5) is 22.8. The van der Waals surface area contributed by atoms with Gasteiger partial charge in [-0.3, -0.25) is 14.9 Å². The van der Waals surface area contributed by atoms with Crippen molar-refractivity contribution in [1.82, 2.24) is 5.43 Å². The summed E-state index contributed by atoms with van der Waals surface area (Å²) in [5, 5.41) is 17.7. The minimum absolute atomic E-state index is 0.0839. The molecule has 0 atom stereocenters. The summed E-state index contributed by atoms with van der Waals surface area (Å²) in [6, 6.07) is 17.8. The molecule has 8 heteroatoms. The predicted octanol–water partition coefficient (Wildman–Crippen LogP) is 5.02. The maximum atomic E-state index is 12.3. The lowest BCUT2D eigenvalue weighted by molar-refractivity contribution is -0.385. The number of carbonyl (C=O) groups excluding carboxylic acids is 1. The maximum absolute atomic E-state index is 12.3. The van der Waals surface area contributed by atoms with Crippen molar-refractivity contribution in [2.24, 2.45) is 5.10 Å². The number of nitro benzene ring substituents is 1. The molecule has 28 heavy (non-hydrogen) atoms. The van der Waals surface area contributed by atoms with Crippen molar-refractivity contribution in [2.75, 3.05) is 0 Å². The summed E-state index contributed by atoms with van der Waals surface area (Å²) in [6.07, 6.45) is 1.33. The molecule has 138 valence electrons. The van der Waals surface area contributed by atoms with E-state index in [1.165, 1.54) is 12.3 Å². The van der Waals surface area contributed by atoms with E-state index < -0.39 is 10.8 Å². The number of furan rings is 1. The zero-order chi connectivity index (χ0) is 19.7. The van der Waals surface area contributed by atoms with Crippen molar-refractivity contribution in [3.05, 3.63) is 86.6 Å². The average molecular weight is 438 g/mol. The van der Waals surface area contributed by atoms with E-state index in [0.717, 1.165) is 16.2 Å². The minimum atomic E-state index is -0.511. The van der Waals surface area contributed by atoms with Gasteiger partial charge in [0, 0.05) is 17.0 Å². The first kappa shape index (κ1) is 17.9. The molecule has 1 amide bonds. The van der Waals surface area contributed by atoms with Gasteiger partial charge in [-0.1, -0.05) is 36.4 Å². The van der Waals surface area contributed by atoms with Crippen LogP contribution in [0, 0.1) is 10.1 Å². The molecule has 0 aliphatic heterocycles. The number of amides is 1. The fourth-order valence-corrected chi connectivity index (χ4v) is 3.27. The van der Waals surface area contributed by atoms with Crippen LogP contribution < -0.4 is 5.43 Å². The van der Waals surface area contributed by atoms with Crippen LogP contribution in [0.5, 0.6) is 0 Å². The van der Waals surface area contributed by atoms with Crippen LogP contribution in [0.25, 0.3) is 21.7 Å². The van der Waals surface area contributed by atoms with Crippen LogP contribution in [0.15, 0.2) is 74.7 Å². The number of nitro groups is 1. The molecule has 1 N–H and O–H groups in total. The fourth-order valence-electron chi connectivity index (χ4n) is 2.87. The zero-order valence-electron chi connectivity index (χ0n) is 14.3. The lowest BCUT2D eigenvalue weighted by Crippen LogP contribution is -2.16. The maximum Gasteiger partial charge on any atom is 0.307 e. The topological polar surface area (TPSA) is 97.7 Å². The molecular weight excluding hydrogens is 426 g/mol. The SMILES string of the molecule is O=C(N/N=C/c1ccc(Br)c([N+](=O)[O-])c1)c1cc2c(ccc3ccccc32)o1. The van der Waals surface area contributed by atoms with Crippen LogP contribution in [0.3, 0.4) is 0 Å². The summed E-state index contributed by atoms with van der Waals surface area (Å²) in [7, 11) is 0. The molecule has 3 aromatic carbocycles. The van der Waals surface area contributed by atoms with Gasteiger partial charge in [-0.25, -0.2) is 5.43 Å². The minimum Gasteiger partial charge on any atom is -0.451 e. The number of fused-ring (bicyclic) bond motifs is 3. The highest BCUT2D eigenvalue weighted by Crippen LogP contribution is 2.28. The molecule has 0 spiro atoms. The Balaban J connectivity index is 1.56. The van der Waals surface area contributed by atoms with E-state index in [4.69, 9.17) is 4.42 Å². The Kier molecular flexibility index (Phi) is 4.62. The van der Waals surface area contributed by atoms with Gasteiger partial charge >= 0.3 is 5.91 Å². The summed E-state index contributed by atoms with van der Waals surface area (Å²) >= 11 is 3.12. The largest absolute Gasteiger partial charge is 0.451 e. The number of hydrogen-bond donors (Lipinski definition) is 1. The van der Waals surface area contributed by atoms with Crippen LogP contribution in [-0.4, -0.2) is 17.0 Å². The molecule has 0 aliphatic carbocycles. The number of hydrazone groups is 1. The molecule has 1 aromatic heterocycles. The first-order valence-corrected chi connectivity index (χ1v) is 9.01. The van der Waals surface area contributed by atoms with Gasteiger partial charge in [0.25, 0.3) is 5.69 Å². The molecule has 0 saturated heterocycles. The van der Waals surface area contributed by atoms with E-state index in [-0.39, 0.29) is 11.4 Å². The van der Waals surface area contributed by atoms with Gasteiger partial charge in [0.05, 0.1) is 15.6 Å². The quantitative estimate of drug-likeness (QED) is 0.275. The Labute approximate surface area is 166 Å². The third-order valence-electron chi connectivity index (χ3n) is 4.20. The molecule has 4 rings (SSSR count). The smallest absolute Gasteiger partial charge is 0.307 e. The monoisotopic (exact) mass is 437 g/mol. The number of halogens is 1. The van der Waals surface area contributed by atoms with Crippen molar-refractivity contribution in [3.63, 3.8) is 0 Å². The van der Waals surface area contributed by atoms with Gasteiger partial charge in [-0.05, 0) is 44.9 Å². The van der Waals surface area contributed by atoms with Crippen LogP contribution in [0.2, 0.25) is 0 Å². The Bertz CT molecular complexity index is 1260. The van der Waals surface area contributed by atoms with Gasteiger partial charge in [-0.2, -0.15) is 5.10 Å². The second-order valence-corrected chi connectivity index (χ2v) is 6.83. The van der Waals surface area contributed by atoms with Gasteiger partial charge in [0.1, 0.15) is 5.58 Å². The third kappa shape index (κ3) is 3.37. The van der Waals surface area contributed by atoms with Crippen molar-refractivity contribution >= 4 is 55.5 Å². The van der Waals surface area contributed by atoms with E-state index in [0.29, 0.717) is 15.6 Å². The highest BCUT2D eigenvalue weighted by molar-refractivity contribution is 9.10. The van der Waals surface area contributed by atoms with Crippen molar-refractivity contribution in [3.8, 4) is 0 Å². The number of rotatable bonds is 4. The number of nitrogens with zero attached hydrogens (tertiary/aromatic N) is 2. The molecule has 0 bridgehead atoms. The van der Waals surface area contributed by atoms with E-state index in [1.807, 2.05) is 36.4 Å². The van der Waals surface area contributed by atoms with Crippen molar-refractivity contribution in [1.29, 1.82) is 0 Å². The van der Waals surface area contributed by atoms with Crippen LogP contribution in [0.1, 0.15) is 16.1 Å². The second-order valence-electron chi connectivity index (χ2n) is 5.98. The molecule has 1 heterocycles. The standard InChI is InChI=1S/C20H12BrN3O4/c21-16-7-5-12(9-17(16)24(26)27)11-22-23-20(25)19-10-15-14-4-2-1-3-13(14)6-8-18(15)28-19/h1-11H,(H,23,25)/b22-11+. The van der Waals surface area contributed by atoms with E-state index in [9.17, 15) is 14.9 Å². The van der Waals surface area contributed by atoms with Gasteiger partial charge in [-0.15, -0.1) is 0 Å². The van der Waals surface area contributed by atoms with Crippen LogP contribution in [-0.2, 0) is 0 Å². The molecular formula is C20H12BrN3O4. The lowest BCUT2D eigenvalue weighted by Gasteiger charge is -1.98. The predicted molar refractivity (Wildman–Crippen MR) is 110 cm³/mol. The highest BCUT2D eigenvalue weighted by Gasteiger charge is 2.14. The molecule has 4 aromatic rings. The van der Waals surface area contributed by atoms with Gasteiger partial charge in [0.2, 0.25) is 0 Å². The number of carbonyl (C=O) groups is 1. The molecule has 0 radical (unpaired) electrons. The number of benzene rings is 3. The molecule has 7 nitrogen and oxygen atoms in total. The highest BCUT2D eigenvalue weighted by atomic mass is 79.9. The van der Waals surface area contributed by atoms with E-state index in [1.54, 1.807) is 18.2 Å². The number of hydrogen-bond acceptors (Lipinski definition) is 5. The Morgan fingerprint density at radius 2 is 1.93 bits per heavy atom. The van der Waals surface area contributed by atoms with Gasteiger partial charge in [0.15, 0.2) is 5.76 Å². The molecule has 0 aliphatic rings. The van der Waals surface area contributed by atoms with Crippen LogP contribution in [0.4, 0.5) is 5.69 Å². The van der Waals surface area contributed by atoms with E-state index in [2.05, 4.69) is 26.5 Å². The van der Waals surface area contributed by atoms with Crippen LogP contribution >= 0.6 is 15.9 Å². The normalized spacial score (nSPS) is 11.3. The number of nitrogens with one attached hydrogen (secondary N) is 1. The fraction of sp³-hybridized carbons (Fsp3) is 0. The summed E-state index contributed by atoms with van der Waals surface area (Å²) in [5.41, 5.74) is 3.38. The summed E-state index contributed by atoms with van der Waals surface area (Å²) in [6.45, 7) is 0. The Morgan fingerprint density at radius 3 is 2.75 bits per heavy atom. The molecule has 0 saturated carbocycles. The van der Waals surface area contributed by atoms with Gasteiger partial charge < -0.3 is 4.42 Å². The molecule has 0 unspecified atom stereocenters. The van der Waals surface area contributed by atoms with Crippen molar-refractivity contribution in [2.45, 2.75) is 0 Å². The zero-order valence-corrected chi connectivity index (χ0v) is 15.8. The first-order chi connectivity index (χ1) is 13.5. The summed E-state index contributed by atoms with van der Waals surface area (Å²) in [5.74, 6) is -0.381. The lowest BCUT2D eigenvalue weighted by atomic mass is 10.1.